The van der Waals surface area contributed by atoms with Crippen LogP contribution in [-0.4, -0.2) is 42.1 Å². The van der Waals surface area contributed by atoms with Gasteiger partial charge in [-0.25, -0.2) is 0 Å². The van der Waals surface area contributed by atoms with Crippen molar-refractivity contribution in [3.63, 3.8) is 0 Å². The van der Waals surface area contributed by atoms with E-state index in [2.05, 4.69) is 23.5 Å². The van der Waals surface area contributed by atoms with Crippen LogP contribution in [0.2, 0.25) is 0 Å². The first-order chi connectivity index (χ1) is 12.6. The zero-order valence-electron chi connectivity index (χ0n) is 15.7. The zero-order chi connectivity index (χ0) is 18.6. The van der Waals surface area contributed by atoms with E-state index in [1.807, 2.05) is 43.0 Å². The highest BCUT2D eigenvalue weighted by atomic mass is 16.3. The number of phenols is 1. The molecular formula is C22H28N2O2. The molecule has 1 saturated heterocycles. The van der Waals surface area contributed by atoms with Crippen molar-refractivity contribution in [2.45, 2.75) is 32.1 Å². The van der Waals surface area contributed by atoms with Crippen LogP contribution in [-0.2, 0) is 5.41 Å². The van der Waals surface area contributed by atoms with Crippen molar-refractivity contribution in [3.05, 3.63) is 65.2 Å². The second-order valence-electron chi connectivity index (χ2n) is 6.94. The van der Waals surface area contributed by atoms with Gasteiger partial charge >= 0.3 is 0 Å². The second-order valence-corrected chi connectivity index (χ2v) is 6.94. The number of carbonyl (C=O) groups is 1. The predicted molar refractivity (Wildman–Crippen MR) is 105 cm³/mol. The Morgan fingerprint density at radius 2 is 1.69 bits per heavy atom. The number of nitrogens with one attached hydrogen (secondary N) is 1. The third-order valence-electron chi connectivity index (χ3n) is 5.59. The average Bonchev–Trinajstić information content (AvgIpc) is 2.69. The summed E-state index contributed by atoms with van der Waals surface area (Å²) in [6.07, 6.45) is 1.94. The summed E-state index contributed by atoms with van der Waals surface area (Å²) in [5.41, 5.74) is 2.96. The molecule has 1 aliphatic heterocycles. The van der Waals surface area contributed by atoms with Crippen LogP contribution in [0.5, 0.6) is 5.75 Å². The minimum Gasteiger partial charge on any atom is -0.508 e. The molecule has 4 nitrogen and oxygen atoms in total. The van der Waals surface area contributed by atoms with Crippen LogP contribution in [0, 0.1) is 0 Å². The number of carbonyl (C=O) groups excluding carboxylic acids is 1. The maximum atomic E-state index is 12.6. The molecule has 1 fully saturated rings. The van der Waals surface area contributed by atoms with E-state index in [4.69, 9.17) is 0 Å². The molecule has 4 heteroatoms. The molecule has 0 unspecified atom stereocenters. The molecule has 2 aromatic carbocycles. The lowest BCUT2D eigenvalue weighted by Gasteiger charge is -2.39. The van der Waals surface area contributed by atoms with Gasteiger partial charge in [-0.2, -0.15) is 0 Å². The van der Waals surface area contributed by atoms with Crippen molar-refractivity contribution in [3.8, 4) is 5.75 Å². The van der Waals surface area contributed by atoms with Gasteiger partial charge in [0, 0.05) is 24.1 Å². The van der Waals surface area contributed by atoms with E-state index in [-0.39, 0.29) is 11.3 Å². The van der Waals surface area contributed by atoms with Gasteiger partial charge in [-0.15, -0.1) is 0 Å². The maximum absolute atomic E-state index is 12.6. The molecule has 138 valence electrons. The predicted octanol–water partition coefficient (Wildman–Crippen LogP) is 3.54. The second kappa shape index (κ2) is 7.92. The molecule has 0 bridgehead atoms. The van der Waals surface area contributed by atoms with E-state index in [0.717, 1.165) is 50.1 Å². The van der Waals surface area contributed by atoms with Gasteiger partial charge in [0.05, 0.1) is 0 Å². The number of rotatable bonds is 5. The Morgan fingerprint density at radius 1 is 1.04 bits per heavy atom. The van der Waals surface area contributed by atoms with Crippen LogP contribution in [0.3, 0.4) is 0 Å². The fraction of sp³-hybridized carbons (Fsp3) is 0.409. The van der Waals surface area contributed by atoms with Crippen molar-refractivity contribution >= 4 is 5.91 Å². The monoisotopic (exact) mass is 352 g/mol. The van der Waals surface area contributed by atoms with Gasteiger partial charge in [0.15, 0.2) is 0 Å². The highest BCUT2D eigenvalue weighted by molar-refractivity contribution is 5.94. The van der Waals surface area contributed by atoms with Gasteiger partial charge in [0.25, 0.3) is 5.91 Å². The van der Waals surface area contributed by atoms with Crippen LogP contribution >= 0.6 is 0 Å². The van der Waals surface area contributed by atoms with E-state index in [1.54, 1.807) is 6.07 Å². The Morgan fingerprint density at radius 3 is 2.27 bits per heavy atom. The Hall–Kier alpha value is -2.33. The minimum absolute atomic E-state index is 0.0817. The van der Waals surface area contributed by atoms with E-state index < -0.39 is 0 Å². The normalized spacial score (nSPS) is 16.2. The number of hydrogen-bond donors (Lipinski definition) is 2. The summed E-state index contributed by atoms with van der Waals surface area (Å²) in [5, 5.41) is 13.4. The van der Waals surface area contributed by atoms with Crippen molar-refractivity contribution in [2.24, 2.45) is 0 Å². The van der Waals surface area contributed by atoms with Crippen molar-refractivity contribution in [1.29, 1.82) is 0 Å². The van der Waals surface area contributed by atoms with Gasteiger partial charge in [-0.1, -0.05) is 24.3 Å². The maximum Gasteiger partial charge on any atom is 0.253 e. The summed E-state index contributed by atoms with van der Waals surface area (Å²) in [4.78, 5) is 14.4. The van der Waals surface area contributed by atoms with Gasteiger partial charge in [0.2, 0.25) is 0 Å². The number of nitrogens with zero attached hydrogens (tertiary/aromatic N) is 1. The third-order valence-corrected chi connectivity index (χ3v) is 5.59. The lowest BCUT2D eigenvalue weighted by molar-refractivity contribution is 0.0773. The van der Waals surface area contributed by atoms with Gasteiger partial charge in [0.1, 0.15) is 5.75 Å². The van der Waals surface area contributed by atoms with Crippen molar-refractivity contribution < 1.29 is 9.90 Å². The van der Waals surface area contributed by atoms with Crippen LogP contribution in [0.15, 0.2) is 48.5 Å². The summed E-state index contributed by atoms with van der Waals surface area (Å²) in [7, 11) is 0. The molecule has 2 aromatic rings. The smallest absolute Gasteiger partial charge is 0.253 e. The fourth-order valence-electron chi connectivity index (χ4n) is 4.03. The zero-order valence-corrected chi connectivity index (χ0v) is 15.7. The molecule has 0 aliphatic carbocycles. The number of aromatic hydroxyl groups is 1. The summed E-state index contributed by atoms with van der Waals surface area (Å²) in [6.45, 7) is 7.32. The first-order valence-corrected chi connectivity index (χ1v) is 9.50. The summed E-state index contributed by atoms with van der Waals surface area (Å²) in [5.74, 6) is 0.381. The first-order valence-electron chi connectivity index (χ1n) is 9.50. The molecular weight excluding hydrogens is 324 g/mol. The molecule has 26 heavy (non-hydrogen) atoms. The number of piperidine rings is 1. The molecule has 0 spiro atoms. The van der Waals surface area contributed by atoms with E-state index in [9.17, 15) is 9.90 Å². The van der Waals surface area contributed by atoms with E-state index in [1.165, 1.54) is 5.56 Å². The molecule has 2 N–H and O–H groups in total. The van der Waals surface area contributed by atoms with E-state index >= 15 is 0 Å². The molecule has 0 aromatic heterocycles. The van der Waals surface area contributed by atoms with Crippen LogP contribution in [0.4, 0.5) is 0 Å². The highest BCUT2D eigenvalue weighted by Gasteiger charge is 2.36. The Kier molecular flexibility index (Phi) is 5.62. The Bertz CT molecular complexity index is 745. The topological polar surface area (TPSA) is 52.6 Å². The molecule has 0 radical (unpaired) electrons. The number of benzene rings is 2. The highest BCUT2D eigenvalue weighted by Crippen LogP contribution is 2.41. The average molecular weight is 352 g/mol. The lowest BCUT2D eigenvalue weighted by Crippen LogP contribution is -2.40. The summed E-state index contributed by atoms with van der Waals surface area (Å²) in [6, 6.07) is 15.7. The first kappa shape index (κ1) is 18.5. The van der Waals surface area contributed by atoms with E-state index in [0.29, 0.717) is 5.75 Å². The lowest BCUT2D eigenvalue weighted by atomic mass is 9.68. The number of amides is 1. The minimum atomic E-state index is -0.124. The van der Waals surface area contributed by atoms with Crippen molar-refractivity contribution in [1.82, 2.24) is 10.2 Å². The quantitative estimate of drug-likeness (QED) is 0.865. The number of hydrogen-bond acceptors (Lipinski definition) is 3. The largest absolute Gasteiger partial charge is 0.508 e. The Labute approximate surface area is 155 Å². The molecule has 0 saturated carbocycles. The molecule has 1 heterocycles. The fourth-order valence-corrected chi connectivity index (χ4v) is 4.03. The summed E-state index contributed by atoms with van der Waals surface area (Å²) < 4.78 is 0. The van der Waals surface area contributed by atoms with Crippen LogP contribution < -0.4 is 5.32 Å². The standard InChI is InChI=1S/C22H28N2O2/c1-3-24(4-2)21(26)17-8-10-18(11-9-17)22(12-14-23-15-13-22)19-6-5-7-20(25)16-19/h5-11,16,23,25H,3-4,12-15H2,1-2H3. The molecule has 1 aliphatic rings. The molecule has 0 atom stereocenters. The van der Waals surface area contributed by atoms with Gasteiger partial charge in [-0.3, -0.25) is 4.79 Å². The van der Waals surface area contributed by atoms with Crippen LogP contribution in [0.1, 0.15) is 48.2 Å². The van der Waals surface area contributed by atoms with Gasteiger partial charge < -0.3 is 15.3 Å². The molecule has 3 rings (SSSR count). The van der Waals surface area contributed by atoms with Crippen molar-refractivity contribution in [2.75, 3.05) is 26.2 Å². The van der Waals surface area contributed by atoms with Crippen LogP contribution in [0.25, 0.3) is 0 Å². The molecule has 1 amide bonds. The summed E-state index contributed by atoms with van der Waals surface area (Å²) >= 11 is 0. The van der Waals surface area contributed by atoms with Gasteiger partial charge in [-0.05, 0) is 75.2 Å². The third kappa shape index (κ3) is 3.47. The number of phenolic OH excluding ortho intramolecular Hbond substituents is 1. The Balaban J connectivity index is 1.97. The SMILES string of the molecule is CCN(CC)C(=O)c1ccc(C2(c3cccc(O)c3)CCNCC2)cc1.